The van der Waals surface area contributed by atoms with Crippen molar-refractivity contribution in [1.82, 2.24) is 0 Å². The minimum atomic E-state index is 0.688. The van der Waals surface area contributed by atoms with Crippen molar-refractivity contribution in [2.45, 2.75) is 70.8 Å². The van der Waals surface area contributed by atoms with Gasteiger partial charge in [0.2, 0.25) is 0 Å². The molecule has 0 radical (unpaired) electrons. The molecule has 3 rings (SSSR count). The molecule has 0 atom stereocenters. The Hall–Kier alpha value is -2.12. The molecule has 0 spiro atoms. The smallest absolute Gasteiger partial charge is 0.0716 e. The van der Waals surface area contributed by atoms with Crippen LogP contribution in [0.2, 0.25) is 0 Å². The molecular formula is C29H38O. The van der Waals surface area contributed by atoms with Crippen molar-refractivity contribution in [3.63, 3.8) is 0 Å². The molecule has 0 aliphatic heterocycles. The minimum Gasteiger partial charge on any atom is -0.377 e. The van der Waals surface area contributed by atoms with Crippen molar-refractivity contribution in [1.29, 1.82) is 0 Å². The maximum Gasteiger partial charge on any atom is 0.0716 e. The predicted molar refractivity (Wildman–Crippen MR) is 130 cm³/mol. The van der Waals surface area contributed by atoms with Crippen molar-refractivity contribution < 1.29 is 4.74 Å². The molecule has 1 nitrogen and oxygen atoms in total. The van der Waals surface area contributed by atoms with E-state index < -0.39 is 0 Å². The first kappa shape index (κ1) is 22.6. The van der Waals surface area contributed by atoms with Gasteiger partial charge in [-0.05, 0) is 85.5 Å². The summed E-state index contributed by atoms with van der Waals surface area (Å²) in [6.45, 7) is 7.45. The SMILES string of the molecule is C=CCCCOCc1ccc(-c2ccc(C3CCC(C/C=C/CC)CC3)cc2)cc1. The molecule has 1 saturated carbocycles. The third-order valence-corrected chi connectivity index (χ3v) is 6.35. The predicted octanol–water partition coefficient (Wildman–Crippen LogP) is 8.47. The summed E-state index contributed by atoms with van der Waals surface area (Å²) in [7, 11) is 0. The quantitative estimate of drug-likeness (QED) is 0.270. The molecule has 30 heavy (non-hydrogen) atoms. The molecule has 0 amide bonds. The molecule has 0 saturated heterocycles. The van der Waals surface area contributed by atoms with Crippen LogP contribution in [0.3, 0.4) is 0 Å². The topological polar surface area (TPSA) is 9.23 Å². The molecular weight excluding hydrogens is 364 g/mol. The first-order chi connectivity index (χ1) is 14.8. The molecule has 0 bridgehead atoms. The van der Waals surface area contributed by atoms with E-state index in [1.807, 2.05) is 6.08 Å². The van der Waals surface area contributed by atoms with E-state index in [-0.39, 0.29) is 0 Å². The number of ether oxygens (including phenoxy) is 1. The van der Waals surface area contributed by atoms with Gasteiger partial charge < -0.3 is 4.74 Å². The second-order valence-corrected chi connectivity index (χ2v) is 8.64. The van der Waals surface area contributed by atoms with E-state index in [1.165, 1.54) is 54.4 Å². The maximum absolute atomic E-state index is 5.73. The Morgan fingerprint density at radius 2 is 1.57 bits per heavy atom. The van der Waals surface area contributed by atoms with Crippen LogP contribution in [0.1, 0.15) is 75.3 Å². The van der Waals surface area contributed by atoms with Gasteiger partial charge in [-0.1, -0.05) is 73.7 Å². The van der Waals surface area contributed by atoms with Gasteiger partial charge in [-0.3, -0.25) is 0 Å². The molecule has 0 N–H and O–H groups in total. The fourth-order valence-corrected chi connectivity index (χ4v) is 4.45. The maximum atomic E-state index is 5.73. The van der Waals surface area contributed by atoms with Crippen molar-refractivity contribution in [3.8, 4) is 11.1 Å². The highest BCUT2D eigenvalue weighted by Gasteiger charge is 2.21. The Labute approximate surface area is 183 Å². The van der Waals surface area contributed by atoms with E-state index >= 15 is 0 Å². The van der Waals surface area contributed by atoms with E-state index in [0.29, 0.717) is 6.61 Å². The number of hydrogen-bond donors (Lipinski definition) is 0. The zero-order valence-corrected chi connectivity index (χ0v) is 18.7. The van der Waals surface area contributed by atoms with E-state index in [0.717, 1.165) is 37.7 Å². The van der Waals surface area contributed by atoms with Gasteiger partial charge in [-0.2, -0.15) is 0 Å². The number of benzene rings is 2. The summed E-state index contributed by atoms with van der Waals surface area (Å²) in [5.74, 6) is 1.64. The average Bonchev–Trinajstić information content (AvgIpc) is 2.80. The van der Waals surface area contributed by atoms with Crippen LogP contribution in [0.5, 0.6) is 0 Å². The number of hydrogen-bond acceptors (Lipinski definition) is 1. The van der Waals surface area contributed by atoms with Crippen molar-refractivity contribution in [2.24, 2.45) is 5.92 Å². The Kier molecular flexibility index (Phi) is 9.44. The second kappa shape index (κ2) is 12.5. The Bertz CT molecular complexity index is 761. The standard InChI is InChI=1S/C29H38O/c1-3-5-7-9-24-10-14-26(15-11-24)28-18-20-29(21-19-28)27-16-12-25(13-17-27)23-30-22-8-6-4-2/h4-5,7,12-13,16-21,24,26H,2-3,6,8-11,14-15,22-23H2,1H3/b7-5+. The van der Waals surface area contributed by atoms with Crippen molar-refractivity contribution in [2.75, 3.05) is 6.61 Å². The minimum absolute atomic E-state index is 0.688. The highest BCUT2D eigenvalue weighted by Crippen LogP contribution is 2.37. The summed E-state index contributed by atoms with van der Waals surface area (Å²) in [4.78, 5) is 0. The lowest BCUT2D eigenvalue weighted by atomic mass is 9.77. The van der Waals surface area contributed by atoms with Crippen molar-refractivity contribution >= 4 is 0 Å². The van der Waals surface area contributed by atoms with Crippen LogP contribution in [0, 0.1) is 5.92 Å². The van der Waals surface area contributed by atoms with Gasteiger partial charge >= 0.3 is 0 Å². The van der Waals surface area contributed by atoms with Crippen molar-refractivity contribution in [3.05, 3.63) is 84.5 Å². The van der Waals surface area contributed by atoms with E-state index in [1.54, 1.807) is 0 Å². The largest absolute Gasteiger partial charge is 0.377 e. The lowest BCUT2D eigenvalue weighted by Gasteiger charge is -2.28. The van der Waals surface area contributed by atoms with Crippen LogP contribution in [-0.2, 0) is 11.3 Å². The van der Waals surface area contributed by atoms with Gasteiger partial charge in [0.25, 0.3) is 0 Å². The zero-order chi connectivity index (χ0) is 21.0. The fourth-order valence-electron chi connectivity index (χ4n) is 4.45. The Balaban J connectivity index is 1.48. The van der Waals surface area contributed by atoms with E-state index in [9.17, 15) is 0 Å². The number of rotatable bonds is 11. The average molecular weight is 403 g/mol. The van der Waals surface area contributed by atoms with Gasteiger partial charge in [0.15, 0.2) is 0 Å². The van der Waals surface area contributed by atoms with Gasteiger partial charge in [0.05, 0.1) is 6.61 Å². The van der Waals surface area contributed by atoms with Gasteiger partial charge in [0.1, 0.15) is 0 Å². The first-order valence-corrected chi connectivity index (χ1v) is 11.8. The zero-order valence-electron chi connectivity index (χ0n) is 18.7. The van der Waals surface area contributed by atoms with Gasteiger partial charge in [0, 0.05) is 6.61 Å². The highest BCUT2D eigenvalue weighted by atomic mass is 16.5. The van der Waals surface area contributed by atoms with Gasteiger partial charge in [-0.25, -0.2) is 0 Å². The Morgan fingerprint density at radius 3 is 2.20 bits per heavy atom. The van der Waals surface area contributed by atoms with Crippen LogP contribution in [-0.4, -0.2) is 6.61 Å². The molecule has 160 valence electrons. The van der Waals surface area contributed by atoms with Crippen LogP contribution >= 0.6 is 0 Å². The van der Waals surface area contributed by atoms with Crippen LogP contribution < -0.4 is 0 Å². The fraction of sp³-hybridized carbons (Fsp3) is 0.448. The first-order valence-electron chi connectivity index (χ1n) is 11.8. The molecule has 0 unspecified atom stereocenters. The lowest BCUT2D eigenvalue weighted by Crippen LogP contribution is -2.12. The molecule has 1 fully saturated rings. The summed E-state index contributed by atoms with van der Waals surface area (Å²) in [6, 6.07) is 18.1. The molecule has 1 aliphatic carbocycles. The van der Waals surface area contributed by atoms with E-state index in [4.69, 9.17) is 4.74 Å². The second-order valence-electron chi connectivity index (χ2n) is 8.64. The molecule has 0 heterocycles. The summed E-state index contributed by atoms with van der Waals surface area (Å²) < 4.78 is 5.73. The van der Waals surface area contributed by atoms with Crippen LogP contribution in [0.25, 0.3) is 11.1 Å². The summed E-state index contributed by atoms with van der Waals surface area (Å²) in [5.41, 5.74) is 5.34. The Morgan fingerprint density at radius 1 is 0.900 bits per heavy atom. The molecule has 1 aliphatic rings. The monoisotopic (exact) mass is 402 g/mol. The molecule has 2 aromatic carbocycles. The third kappa shape index (κ3) is 6.99. The van der Waals surface area contributed by atoms with Crippen LogP contribution in [0.4, 0.5) is 0 Å². The summed E-state index contributed by atoms with van der Waals surface area (Å²) in [5, 5.41) is 0. The molecule has 1 heteroatoms. The normalized spacial score (nSPS) is 19.2. The lowest BCUT2D eigenvalue weighted by molar-refractivity contribution is 0.119. The number of allylic oxidation sites excluding steroid dienone is 3. The van der Waals surface area contributed by atoms with Crippen LogP contribution in [0.15, 0.2) is 73.3 Å². The molecule has 2 aromatic rings. The number of unbranched alkanes of at least 4 members (excludes halogenated alkanes) is 1. The molecule has 0 aromatic heterocycles. The highest BCUT2D eigenvalue weighted by molar-refractivity contribution is 5.64. The summed E-state index contributed by atoms with van der Waals surface area (Å²) >= 11 is 0. The third-order valence-electron chi connectivity index (χ3n) is 6.35. The van der Waals surface area contributed by atoms with Gasteiger partial charge in [-0.15, -0.1) is 6.58 Å². The summed E-state index contributed by atoms with van der Waals surface area (Å²) in [6.07, 6.45) is 16.6. The van der Waals surface area contributed by atoms with E-state index in [2.05, 4.69) is 74.2 Å².